The number of thiocarbonyl (C=S) groups is 1. The number of aryl methyl sites for hydroxylation is 1. The summed E-state index contributed by atoms with van der Waals surface area (Å²) in [5.74, 6) is 2.03. The lowest BCUT2D eigenvalue weighted by Gasteiger charge is -2.09. The zero-order chi connectivity index (χ0) is 10.7. The van der Waals surface area contributed by atoms with Crippen molar-refractivity contribution in [3.63, 3.8) is 0 Å². The first kappa shape index (κ1) is 11.3. The van der Waals surface area contributed by atoms with Gasteiger partial charge in [0.25, 0.3) is 0 Å². The Balaban J connectivity index is 1.83. The molecule has 0 aromatic heterocycles. The van der Waals surface area contributed by atoms with E-state index < -0.39 is 0 Å². The Labute approximate surface area is 104 Å². The molecule has 1 nitrogen and oxygen atoms in total. The molecule has 1 aromatic rings. The predicted molar refractivity (Wildman–Crippen MR) is 73.1 cm³/mol. The standard InChI is InChI=1S/C11H12OS3/c1-8-2-4-9(5-3-8)12-6-10-7-14-11(13)15-10/h2-5,10H,6-7H2,1H3. The highest BCUT2D eigenvalue weighted by Gasteiger charge is 2.21. The SMILES string of the molecule is Cc1ccc(OCC2CSC(=S)S2)cc1. The Morgan fingerprint density at radius 1 is 1.40 bits per heavy atom. The maximum atomic E-state index is 5.70. The van der Waals surface area contributed by atoms with Gasteiger partial charge < -0.3 is 4.74 Å². The summed E-state index contributed by atoms with van der Waals surface area (Å²) in [6, 6.07) is 8.16. The molecule has 1 heterocycles. The van der Waals surface area contributed by atoms with Gasteiger partial charge >= 0.3 is 0 Å². The Morgan fingerprint density at radius 2 is 2.13 bits per heavy atom. The van der Waals surface area contributed by atoms with Crippen LogP contribution in [-0.2, 0) is 0 Å². The third-order valence-electron chi connectivity index (χ3n) is 2.11. The zero-order valence-corrected chi connectivity index (χ0v) is 10.9. The molecule has 0 aliphatic carbocycles. The van der Waals surface area contributed by atoms with E-state index >= 15 is 0 Å². The Morgan fingerprint density at radius 3 is 2.73 bits per heavy atom. The highest BCUT2D eigenvalue weighted by Crippen LogP contribution is 2.33. The van der Waals surface area contributed by atoms with Crippen LogP contribution in [0.25, 0.3) is 0 Å². The van der Waals surface area contributed by atoms with E-state index in [1.54, 1.807) is 23.5 Å². The second-order valence-electron chi connectivity index (χ2n) is 3.42. The molecule has 80 valence electrons. The average Bonchev–Trinajstić information content (AvgIpc) is 2.64. The van der Waals surface area contributed by atoms with E-state index in [4.69, 9.17) is 17.0 Å². The number of rotatable bonds is 3. The monoisotopic (exact) mass is 256 g/mol. The molecular formula is C11H12OS3. The first-order valence-corrected chi connectivity index (χ1v) is 7.04. The van der Waals surface area contributed by atoms with Crippen LogP contribution in [0.2, 0.25) is 0 Å². The van der Waals surface area contributed by atoms with E-state index in [-0.39, 0.29) is 0 Å². The molecule has 0 radical (unpaired) electrons. The van der Waals surface area contributed by atoms with E-state index in [1.807, 2.05) is 12.1 Å². The normalized spacial score (nSPS) is 20.6. The van der Waals surface area contributed by atoms with Gasteiger partial charge in [0.05, 0.1) is 5.25 Å². The summed E-state index contributed by atoms with van der Waals surface area (Å²) in [6.45, 7) is 2.83. The summed E-state index contributed by atoms with van der Waals surface area (Å²) >= 11 is 8.63. The summed E-state index contributed by atoms with van der Waals surface area (Å²) in [5, 5.41) is 0.517. The molecule has 1 aliphatic rings. The van der Waals surface area contributed by atoms with Gasteiger partial charge in [-0.15, -0.1) is 11.8 Å². The van der Waals surface area contributed by atoms with Gasteiger partial charge in [-0.2, -0.15) is 0 Å². The fourth-order valence-corrected chi connectivity index (χ4v) is 4.07. The van der Waals surface area contributed by atoms with Crippen molar-refractivity contribution >= 4 is 39.3 Å². The van der Waals surface area contributed by atoms with E-state index in [9.17, 15) is 0 Å². The fraction of sp³-hybridized carbons (Fsp3) is 0.364. The van der Waals surface area contributed by atoms with E-state index in [2.05, 4.69) is 19.1 Å². The predicted octanol–water partition coefficient (Wildman–Crippen LogP) is 3.51. The second-order valence-corrected chi connectivity index (χ2v) is 6.95. The van der Waals surface area contributed by atoms with Crippen molar-refractivity contribution in [2.24, 2.45) is 0 Å². The number of ether oxygens (including phenoxy) is 1. The maximum Gasteiger partial charge on any atom is 0.119 e. The quantitative estimate of drug-likeness (QED) is 0.765. The molecule has 1 saturated heterocycles. The Hall–Kier alpha value is -0.190. The van der Waals surface area contributed by atoms with Crippen LogP contribution in [0.3, 0.4) is 0 Å². The van der Waals surface area contributed by atoms with Crippen LogP contribution in [0, 0.1) is 6.92 Å². The molecule has 1 unspecified atom stereocenters. The summed E-state index contributed by atoms with van der Waals surface area (Å²) in [4.78, 5) is 0. The van der Waals surface area contributed by atoms with Crippen LogP contribution in [0.4, 0.5) is 0 Å². The molecular weight excluding hydrogens is 244 g/mol. The number of hydrogen-bond acceptors (Lipinski definition) is 4. The number of hydrogen-bond donors (Lipinski definition) is 0. The minimum absolute atomic E-state index is 0.517. The Kier molecular flexibility index (Phi) is 3.94. The van der Waals surface area contributed by atoms with Gasteiger partial charge in [-0.1, -0.05) is 41.7 Å². The van der Waals surface area contributed by atoms with Gasteiger partial charge in [0.1, 0.15) is 15.9 Å². The van der Waals surface area contributed by atoms with Crippen LogP contribution in [-0.4, -0.2) is 21.1 Å². The van der Waals surface area contributed by atoms with Crippen molar-refractivity contribution < 1.29 is 4.74 Å². The van der Waals surface area contributed by atoms with Crippen molar-refractivity contribution in [3.05, 3.63) is 29.8 Å². The molecule has 1 aliphatic heterocycles. The lowest BCUT2D eigenvalue weighted by Crippen LogP contribution is -2.13. The molecule has 0 spiro atoms. The van der Waals surface area contributed by atoms with E-state index in [1.165, 1.54) is 5.56 Å². The number of benzene rings is 1. The third-order valence-corrected chi connectivity index (χ3v) is 5.24. The van der Waals surface area contributed by atoms with Gasteiger partial charge in [0, 0.05) is 5.75 Å². The lowest BCUT2D eigenvalue weighted by molar-refractivity contribution is 0.324. The smallest absolute Gasteiger partial charge is 0.119 e. The molecule has 1 fully saturated rings. The largest absolute Gasteiger partial charge is 0.492 e. The van der Waals surface area contributed by atoms with Gasteiger partial charge in [0.2, 0.25) is 0 Å². The highest BCUT2D eigenvalue weighted by atomic mass is 32.2. The molecule has 0 N–H and O–H groups in total. The minimum Gasteiger partial charge on any atom is -0.492 e. The summed E-state index contributed by atoms with van der Waals surface area (Å²) in [7, 11) is 0. The lowest BCUT2D eigenvalue weighted by atomic mass is 10.2. The molecule has 0 amide bonds. The molecule has 0 saturated carbocycles. The van der Waals surface area contributed by atoms with Gasteiger partial charge in [-0.3, -0.25) is 0 Å². The van der Waals surface area contributed by atoms with Crippen molar-refractivity contribution in [3.8, 4) is 5.75 Å². The minimum atomic E-state index is 0.517. The summed E-state index contributed by atoms with van der Waals surface area (Å²) in [5.41, 5.74) is 1.26. The average molecular weight is 256 g/mol. The van der Waals surface area contributed by atoms with Crippen LogP contribution in [0.5, 0.6) is 5.75 Å². The van der Waals surface area contributed by atoms with E-state index in [0.717, 1.165) is 21.6 Å². The highest BCUT2D eigenvalue weighted by molar-refractivity contribution is 8.49. The van der Waals surface area contributed by atoms with Crippen LogP contribution in [0.1, 0.15) is 5.56 Å². The zero-order valence-electron chi connectivity index (χ0n) is 8.43. The van der Waals surface area contributed by atoms with Crippen LogP contribution in [0.15, 0.2) is 24.3 Å². The second kappa shape index (κ2) is 5.23. The molecule has 2 rings (SSSR count). The molecule has 4 heteroatoms. The molecule has 15 heavy (non-hydrogen) atoms. The number of thioether (sulfide) groups is 2. The van der Waals surface area contributed by atoms with Crippen molar-refractivity contribution in [2.45, 2.75) is 12.2 Å². The maximum absolute atomic E-state index is 5.70. The van der Waals surface area contributed by atoms with Crippen LogP contribution >= 0.6 is 35.7 Å². The van der Waals surface area contributed by atoms with E-state index in [0.29, 0.717) is 5.25 Å². The third kappa shape index (κ3) is 3.40. The summed E-state index contributed by atoms with van der Waals surface area (Å²) < 4.78 is 6.75. The molecule has 1 atom stereocenters. The molecule has 1 aromatic carbocycles. The topological polar surface area (TPSA) is 9.23 Å². The van der Waals surface area contributed by atoms with Crippen LogP contribution < -0.4 is 4.74 Å². The first-order valence-electron chi connectivity index (χ1n) is 4.77. The molecule has 0 bridgehead atoms. The van der Waals surface area contributed by atoms with Crippen molar-refractivity contribution in [1.29, 1.82) is 0 Å². The Bertz CT molecular complexity index is 347. The van der Waals surface area contributed by atoms with Crippen molar-refractivity contribution in [1.82, 2.24) is 0 Å². The van der Waals surface area contributed by atoms with Crippen molar-refractivity contribution in [2.75, 3.05) is 12.4 Å². The summed E-state index contributed by atoms with van der Waals surface area (Å²) in [6.07, 6.45) is 0. The van der Waals surface area contributed by atoms with Gasteiger partial charge in [0.15, 0.2) is 0 Å². The first-order chi connectivity index (χ1) is 7.24. The van der Waals surface area contributed by atoms with Gasteiger partial charge in [-0.05, 0) is 19.1 Å². The fourth-order valence-electron chi connectivity index (χ4n) is 1.27. The van der Waals surface area contributed by atoms with Gasteiger partial charge in [-0.25, -0.2) is 0 Å².